The summed E-state index contributed by atoms with van der Waals surface area (Å²) < 4.78 is 5.44. The Morgan fingerprint density at radius 3 is 2.50 bits per heavy atom. The van der Waals surface area contributed by atoms with Crippen LogP contribution in [0, 0.1) is 5.92 Å². The SMILES string of the molecule is O=C(Nc1ccccc1N1CCOCC1)C1CC(=O)N(C2CCCCCC2)C1. The van der Waals surface area contributed by atoms with Crippen LogP contribution in [-0.2, 0) is 14.3 Å². The molecule has 1 aromatic rings. The second kappa shape index (κ2) is 8.95. The lowest BCUT2D eigenvalue weighted by molar-refractivity contribution is -0.130. The van der Waals surface area contributed by atoms with Gasteiger partial charge in [-0.05, 0) is 25.0 Å². The lowest BCUT2D eigenvalue weighted by Crippen LogP contribution is -2.38. The van der Waals surface area contributed by atoms with Crippen LogP contribution in [0.25, 0.3) is 0 Å². The van der Waals surface area contributed by atoms with E-state index in [4.69, 9.17) is 4.74 Å². The minimum Gasteiger partial charge on any atom is -0.378 e. The first kappa shape index (κ1) is 19.2. The summed E-state index contributed by atoms with van der Waals surface area (Å²) in [6, 6.07) is 8.25. The van der Waals surface area contributed by atoms with Crippen molar-refractivity contribution in [2.45, 2.75) is 51.0 Å². The highest BCUT2D eigenvalue weighted by molar-refractivity contribution is 5.99. The molecule has 3 aliphatic rings. The average molecular weight is 386 g/mol. The number of likely N-dealkylation sites (tertiary alicyclic amines) is 1. The number of morpholine rings is 1. The molecule has 1 N–H and O–H groups in total. The number of carbonyl (C=O) groups excluding carboxylic acids is 2. The predicted molar refractivity (Wildman–Crippen MR) is 109 cm³/mol. The molecule has 28 heavy (non-hydrogen) atoms. The fourth-order valence-corrected chi connectivity index (χ4v) is 4.72. The van der Waals surface area contributed by atoms with Crippen LogP contribution in [0.15, 0.2) is 24.3 Å². The molecule has 6 nitrogen and oxygen atoms in total. The number of benzene rings is 1. The number of amides is 2. The van der Waals surface area contributed by atoms with Crippen LogP contribution in [0.1, 0.15) is 44.9 Å². The third-order valence-electron chi connectivity index (χ3n) is 6.31. The Morgan fingerprint density at radius 2 is 1.75 bits per heavy atom. The summed E-state index contributed by atoms with van der Waals surface area (Å²) in [6.45, 7) is 3.62. The van der Waals surface area contributed by atoms with Crippen molar-refractivity contribution in [1.82, 2.24) is 4.90 Å². The Labute approximate surface area is 167 Å². The number of anilines is 2. The van der Waals surface area contributed by atoms with E-state index in [-0.39, 0.29) is 17.7 Å². The highest BCUT2D eigenvalue weighted by atomic mass is 16.5. The van der Waals surface area contributed by atoms with Crippen LogP contribution in [-0.4, -0.2) is 55.6 Å². The van der Waals surface area contributed by atoms with Crippen LogP contribution >= 0.6 is 0 Å². The molecule has 1 saturated carbocycles. The molecule has 3 fully saturated rings. The van der Waals surface area contributed by atoms with E-state index in [1.807, 2.05) is 29.2 Å². The Kier molecular flexibility index (Phi) is 6.15. The lowest BCUT2D eigenvalue weighted by atomic mass is 10.1. The fourth-order valence-electron chi connectivity index (χ4n) is 4.72. The number of para-hydroxylation sites is 2. The standard InChI is InChI=1S/C22H31N3O3/c26-21-15-17(16-25(21)18-7-3-1-2-4-8-18)22(27)23-19-9-5-6-10-20(19)24-11-13-28-14-12-24/h5-6,9-10,17-18H,1-4,7-8,11-16H2,(H,23,27). The lowest BCUT2D eigenvalue weighted by Gasteiger charge is -2.30. The maximum absolute atomic E-state index is 13.0. The van der Waals surface area contributed by atoms with Gasteiger partial charge in [-0.3, -0.25) is 9.59 Å². The number of hydrogen-bond acceptors (Lipinski definition) is 4. The van der Waals surface area contributed by atoms with Crippen molar-refractivity contribution in [1.29, 1.82) is 0 Å². The number of nitrogens with one attached hydrogen (secondary N) is 1. The molecule has 0 spiro atoms. The van der Waals surface area contributed by atoms with E-state index in [2.05, 4.69) is 10.2 Å². The largest absolute Gasteiger partial charge is 0.378 e. The van der Waals surface area contributed by atoms with Crippen molar-refractivity contribution >= 4 is 23.2 Å². The minimum atomic E-state index is -0.256. The van der Waals surface area contributed by atoms with Crippen molar-refractivity contribution in [3.8, 4) is 0 Å². The topological polar surface area (TPSA) is 61.9 Å². The third kappa shape index (κ3) is 4.32. The maximum Gasteiger partial charge on any atom is 0.229 e. The quantitative estimate of drug-likeness (QED) is 0.810. The summed E-state index contributed by atoms with van der Waals surface area (Å²) in [7, 11) is 0. The number of carbonyl (C=O) groups is 2. The summed E-state index contributed by atoms with van der Waals surface area (Å²) in [5.74, 6) is -0.146. The Hall–Kier alpha value is -2.08. The van der Waals surface area contributed by atoms with Gasteiger partial charge in [0.25, 0.3) is 0 Å². The van der Waals surface area contributed by atoms with E-state index in [1.54, 1.807) is 0 Å². The van der Waals surface area contributed by atoms with Crippen molar-refractivity contribution < 1.29 is 14.3 Å². The summed E-state index contributed by atoms with van der Waals surface area (Å²) >= 11 is 0. The van der Waals surface area contributed by atoms with E-state index in [0.29, 0.717) is 32.2 Å². The van der Waals surface area contributed by atoms with Crippen molar-refractivity contribution in [3.05, 3.63) is 24.3 Å². The Balaban J connectivity index is 1.41. The van der Waals surface area contributed by atoms with Gasteiger partial charge in [-0.15, -0.1) is 0 Å². The summed E-state index contributed by atoms with van der Waals surface area (Å²) in [5.41, 5.74) is 1.86. The van der Waals surface area contributed by atoms with E-state index in [9.17, 15) is 9.59 Å². The van der Waals surface area contributed by atoms with Crippen LogP contribution in [0.2, 0.25) is 0 Å². The molecule has 1 aromatic carbocycles. The zero-order valence-electron chi connectivity index (χ0n) is 16.6. The molecule has 4 rings (SSSR count). The van der Waals surface area contributed by atoms with Crippen LogP contribution < -0.4 is 10.2 Å². The summed E-state index contributed by atoms with van der Waals surface area (Å²) in [6.07, 6.45) is 7.42. The normalized spacial score (nSPS) is 24.3. The van der Waals surface area contributed by atoms with Crippen LogP contribution in [0.5, 0.6) is 0 Å². The first-order valence-electron chi connectivity index (χ1n) is 10.7. The molecular weight excluding hydrogens is 354 g/mol. The molecule has 0 radical (unpaired) electrons. The summed E-state index contributed by atoms with van der Waals surface area (Å²) in [4.78, 5) is 29.8. The second-order valence-electron chi connectivity index (χ2n) is 8.20. The van der Waals surface area contributed by atoms with Gasteiger partial charge in [0.1, 0.15) is 0 Å². The maximum atomic E-state index is 13.0. The first-order valence-corrected chi connectivity index (χ1v) is 10.7. The number of hydrogen-bond donors (Lipinski definition) is 1. The second-order valence-corrected chi connectivity index (χ2v) is 8.20. The Morgan fingerprint density at radius 1 is 1.04 bits per heavy atom. The van der Waals surface area contributed by atoms with Gasteiger partial charge in [0.2, 0.25) is 11.8 Å². The monoisotopic (exact) mass is 385 g/mol. The predicted octanol–water partition coefficient (Wildman–Crippen LogP) is 3.03. The molecule has 6 heteroatoms. The molecule has 0 bridgehead atoms. The van der Waals surface area contributed by atoms with E-state index in [1.165, 1.54) is 25.7 Å². The molecule has 2 aliphatic heterocycles. The number of nitrogens with zero attached hydrogens (tertiary/aromatic N) is 2. The van der Waals surface area contributed by atoms with E-state index < -0.39 is 0 Å². The van der Waals surface area contributed by atoms with Gasteiger partial charge in [0.05, 0.1) is 30.5 Å². The molecule has 152 valence electrons. The third-order valence-corrected chi connectivity index (χ3v) is 6.31. The zero-order valence-corrected chi connectivity index (χ0v) is 16.6. The zero-order chi connectivity index (χ0) is 19.3. The van der Waals surface area contributed by atoms with Gasteiger partial charge in [0, 0.05) is 32.1 Å². The van der Waals surface area contributed by atoms with E-state index >= 15 is 0 Å². The molecular formula is C22H31N3O3. The molecule has 2 heterocycles. The average Bonchev–Trinajstić information content (AvgIpc) is 2.93. The van der Waals surface area contributed by atoms with E-state index in [0.717, 1.165) is 37.3 Å². The fraction of sp³-hybridized carbons (Fsp3) is 0.636. The molecule has 2 amide bonds. The van der Waals surface area contributed by atoms with Gasteiger partial charge >= 0.3 is 0 Å². The summed E-state index contributed by atoms with van der Waals surface area (Å²) in [5, 5.41) is 3.11. The molecule has 1 atom stereocenters. The van der Waals surface area contributed by atoms with Gasteiger partial charge in [-0.1, -0.05) is 37.8 Å². The highest BCUT2D eigenvalue weighted by Crippen LogP contribution is 2.31. The molecule has 1 unspecified atom stereocenters. The van der Waals surface area contributed by atoms with Crippen molar-refractivity contribution in [2.24, 2.45) is 5.92 Å². The van der Waals surface area contributed by atoms with Crippen LogP contribution in [0.4, 0.5) is 11.4 Å². The first-order chi connectivity index (χ1) is 13.7. The van der Waals surface area contributed by atoms with Gasteiger partial charge in [-0.2, -0.15) is 0 Å². The van der Waals surface area contributed by atoms with Gasteiger partial charge in [-0.25, -0.2) is 0 Å². The van der Waals surface area contributed by atoms with Crippen molar-refractivity contribution in [2.75, 3.05) is 43.1 Å². The molecule has 1 aliphatic carbocycles. The Bertz CT molecular complexity index is 694. The van der Waals surface area contributed by atoms with Crippen LogP contribution in [0.3, 0.4) is 0 Å². The molecule has 2 saturated heterocycles. The van der Waals surface area contributed by atoms with Crippen molar-refractivity contribution in [3.63, 3.8) is 0 Å². The number of ether oxygens (including phenoxy) is 1. The number of rotatable bonds is 4. The smallest absolute Gasteiger partial charge is 0.229 e. The van der Waals surface area contributed by atoms with Gasteiger partial charge in [0.15, 0.2) is 0 Å². The highest BCUT2D eigenvalue weighted by Gasteiger charge is 2.38. The van der Waals surface area contributed by atoms with Gasteiger partial charge < -0.3 is 19.9 Å². The molecule has 0 aromatic heterocycles. The minimum absolute atomic E-state index is 0.0369.